The van der Waals surface area contributed by atoms with Crippen molar-refractivity contribution in [3.63, 3.8) is 0 Å². The second-order valence-electron chi connectivity index (χ2n) is 13.6. The molecule has 0 N–H and O–H groups in total. The van der Waals surface area contributed by atoms with Crippen LogP contribution in [0.3, 0.4) is 0 Å². The summed E-state index contributed by atoms with van der Waals surface area (Å²) in [6.07, 6.45) is 0. The Morgan fingerprint density at radius 3 is 1.37 bits per heavy atom. The van der Waals surface area contributed by atoms with E-state index in [0.717, 1.165) is 0 Å². The Bertz CT molecular complexity index is 2810. The van der Waals surface area contributed by atoms with E-state index >= 15 is 0 Å². The Balaban J connectivity index is 1.30. The van der Waals surface area contributed by atoms with Crippen molar-refractivity contribution in [2.75, 3.05) is 0 Å². The summed E-state index contributed by atoms with van der Waals surface area (Å²) in [5, 5.41) is 7.48. The predicted molar refractivity (Wildman–Crippen MR) is 226 cm³/mol. The molecule has 0 saturated heterocycles. The minimum absolute atomic E-state index is 1.22. The highest BCUT2D eigenvalue weighted by molar-refractivity contribution is 7.22. The normalized spacial score (nSPS) is 11.8. The Morgan fingerprint density at radius 2 is 0.808 bits per heavy atom. The quantitative estimate of drug-likeness (QED) is 0.168. The van der Waals surface area contributed by atoms with Crippen molar-refractivity contribution in [3.05, 3.63) is 181 Å². The van der Waals surface area contributed by atoms with Gasteiger partial charge in [0, 0.05) is 14.3 Å². The molecule has 10 aromatic rings. The van der Waals surface area contributed by atoms with Crippen molar-refractivity contribution in [1.82, 2.24) is 0 Å². The van der Waals surface area contributed by atoms with E-state index in [9.17, 15) is 0 Å². The average molecular weight is 695 g/mol. The first kappa shape index (κ1) is 29.6. The zero-order valence-corrected chi connectivity index (χ0v) is 29.8. The second-order valence-corrected chi connectivity index (χ2v) is 15.6. The summed E-state index contributed by atoms with van der Waals surface area (Å²) in [5.74, 6) is 0. The van der Waals surface area contributed by atoms with Crippen LogP contribution in [0.2, 0.25) is 0 Å². The van der Waals surface area contributed by atoms with E-state index in [4.69, 9.17) is 0 Å². The minimum atomic E-state index is 1.22. The van der Waals surface area contributed by atoms with Crippen molar-refractivity contribution >= 4 is 53.6 Å². The molecule has 0 fully saturated rings. The van der Waals surface area contributed by atoms with E-state index in [1.807, 2.05) is 22.7 Å². The maximum Gasteiger partial charge on any atom is 0.0361 e. The molecule has 0 aliphatic heterocycles. The number of hydrogen-bond donors (Lipinski definition) is 0. The van der Waals surface area contributed by atoms with Crippen LogP contribution in [0.5, 0.6) is 0 Å². The number of hydrogen-bond acceptors (Lipinski definition) is 2. The Kier molecular flexibility index (Phi) is 6.70. The summed E-state index contributed by atoms with van der Waals surface area (Å²) in [5.41, 5.74) is 16.5. The standard InChI is InChI=1S/C50H30S2/c1-5-14-31(15-6-1)44-45(32-16-7-2-8-17-32)47(34-20-11-4-12-21-34)50-40-25-24-37(43-30-36-29-41-35(26-27-51-41)28-42(36)52-43)38-22-13-23-39(48(38)40)49(50)46(44)33-18-9-3-10-19-33/h1-30H. The Labute approximate surface area is 310 Å². The smallest absolute Gasteiger partial charge is 0.0361 e. The van der Waals surface area contributed by atoms with Crippen molar-refractivity contribution in [1.29, 1.82) is 0 Å². The summed E-state index contributed by atoms with van der Waals surface area (Å²) in [6, 6.07) is 65.3. The van der Waals surface area contributed by atoms with Gasteiger partial charge in [-0.3, -0.25) is 0 Å². The van der Waals surface area contributed by atoms with Crippen molar-refractivity contribution in [2.24, 2.45) is 0 Å². The highest BCUT2D eigenvalue weighted by atomic mass is 32.1. The van der Waals surface area contributed by atoms with E-state index < -0.39 is 0 Å². The Hall–Kier alpha value is -6.06. The van der Waals surface area contributed by atoms with E-state index in [1.165, 1.54) is 108 Å². The lowest BCUT2D eigenvalue weighted by Crippen LogP contribution is -1.99. The number of fused-ring (bicyclic) bond motifs is 5. The summed E-state index contributed by atoms with van der Waals surface area (Å²) in [6.45, 7) is 0. The lowest BCUT2D eigenvalue weighted by atomic mass is 9.76. The summed E-state index contributed by atoms with van der Waals surface area (Å²) < 4.78 is 2.68. The number of thiophene rings is 2. The maximum atomic E-state index is 2.41. The van der Waals surface area contributed by atoms with Gasteiger partial charge in [0.2, 0.25) is 0 Å². The first-order valence-electron chi connectivity index (χ1n) is 17.7. The van der Waals surface area contributed by atoms with Crippen LogP contribution in [-0.2, 0) is 0 Å². The molecule has 0 saturated carbocycles. The molecule has 0 bridgehead atoms. The van der Waals surface area contributed by atoms with E-state index in [1.54, 1.807) is 0 Å². The fraction of sp³-hybridized carbons (Fsp3) is 0. The number of benzene rings is 8. The first-order chi connectivity index (χ1) is 25.8. The predicted octanol–water partition coefficient (Wildman–Crippen LogP) is 15.3. The molecule has 0 nitrogen and oxygen atoms in total. The molecule has 0 radical (unpaired) electrons. The van der Waals surface area contributed by atoms with Crippen LogP contribution < -0.4 is 0 Å². The van der Waals surface area contributed by atoms with Crippen LogP contribution in [0.4, 0.5) is 0 Å². The van der Waals surface area contributed by atoms with Gasteiger partial charge in [-0.2, -0.15) is 0 Å². The molecule has 1 aliphatic carbocycles. The molecule has 0 unspecified atom stereocenters. The van der Waals surface area contributed by atoms with Gasteiger partial charge in [-0.05, 0) is 124 Å². The zero-order chi connectivity index (χ0) is 34.2. The molecule has 0 amide bonds. The van der Waals surface area contributed by atoms with E-state index in [2.05, 4.69) is 181 Å². The fourth-order valence-corrected chi connectivity index (χ4v) is 10.5. The van der Waals surface area contributed by atoms with Crippen LogP contribution in [0.25, 0.3) is 108 Å². The maximum absolute atomic E-state index is 2.41. The highest BCUT2D eigenvalue weighted by Gasteiger charge is 2.34. The topological polar surface area (TPSA) is 0 Å². The molecule has 2 aromatic heterocycles. The third-order valence-electron chi connectivity index (χ3n) is 10.7. The van der Waals surface area contributed by atoms with Gasteiger partial charge in [0.05, 0.1) is 0 Å². The van der Waals surface area contributed by atoms with Gasteiger partial charge in [0.25, 0.3) is 0 Å². The third-order valence-corrected chi connectivity index (χ3v) is 12.7. The van der Waals surface area contributed by atoms with Crippen molar-refractivity contribution < 1.29 is 0 Å². The minimum Gasteiger partial charge on any atom is -0.144 e. The first-order valence-corrected chi connectivity index (χ1v) is 19.4. The molecule has 11 rings (SSSR count). The van der Waals surface area contributed by atoms with Crippen molar-refractivity contribution in [2.45, 2.75) is 0 Å². The van der Waals surface area contributed by atoms with Crippen LogP contribution in [0.1, 0.15) is 0 Å². The lowest BCUT2D eigenvalue weighted by molar-refractivity contribution is 1.54. The van der Waals surface area contributed by atoms with Crippen LogP contribution >= 0.6 is 22.7 Å². The molecule has 8 aromatic carbocycles. The monoisotopic (exact) mass is 694 g/mol. The van der Waals surface area contributed by atoms with Gasteiger partial charge < -0.3 is 0 Å². The van der Waals surface area contributed by atoms with Crippen LogP contribution in [0.15, 0.2) is 181 Å². The SMILES string of the molecule is c1ccc(-c2c(-c3ccccc3)c(-c3ccccc3)c3c(c2-c2ccccc2)-c2cccc4c(-c5cc6cc7sccc7cc6s5)ccc-3c24)cc1. The van der Waals surface area contributed by atoms with Crippen molar-refractivity contribution in [3.8, 4) is 77.2 Å². The van der Waals surface area contributed by atoms with Crippen LogP contribution in [-0.4, -0.2) is 0 Å². The van der Waals surface area contributed by atoms with Gasteiger partial charge in [0.15, 0.2) is 0 Å². The van der Waals surface area contributed by atoms with Gasteiger partial charge in [-0.1, -0.05) is 152 Å². The molecular formula is C50H30S2. The second kappa shape index (κ2) is 11.7. The molecule has 2 heteroatoms. The van der Waals surface area contributed by atoms with Gasteiger partial charge in [-0.25, -0.2) is 0 Å². The third kappa shape index (κ3) is 4.45. The summed E-state index contributed by atoms with van der Waals surface area (Å²) >= 11 is 3.72. The number of rotatable bonds is 5. The van der Waals surface area contributed by atoms with E-state index in [0.29, 0.717) is 0 Å². The summed E-state index contributed by atoms with van der Waals surface area (Å²) in [4.78, 5) is 1.31. The van der Waals surface area contributed by atoms with Gasteiger partial charge in [-0.15, -0.1) is 22.7 Å². The largest absolute Gasteiger partial charge is 0.144 e. The fourth-order valence-electron chi connectivity index (χ4n) is 8.53. The molecule has 1 aliphatic rings. The van der Waals surface area contributed by atoms with Gasteiger partial charge in [0.1, 0.15) is 0 Å². The zero-order valence-electron chi connectivity index (χ0n) is 28.1. The lowest BCUT2D eigenvalue weighted by Gasteiger charge is -2.26. The van der Waals surface area contributed by atoms with Gasteiger partial charge >= 0.3 is 0 Å². The Morgan fingerprint density at radius 1 is 0.327 bits per heavy atom. The molecule has 52 heavy (non-hydrogen) atoms. The molecule has 0 spiro atoms. The molecule has 242 valence electrons. The van der Waals surface area contributed by atoms with E-state index in [-0.39, 0.29) is 0 Å². The molecular weight excluding hydrogens is 665 g/mol. The highest BCUT2D eigenvalue weighted by Crippen LogP contribution is 2.61. The average Bonchev–Trinajstić information content (AvgIpc) is 3.94. The van der Waals surface area contributed by atoms with Crippen LogP contribution in [0, 0.1) is 0 Å². The molecule has 2 heterocycles. The summed E-state index contributed by atoms with van der Waals surface area (Å²) in [7, 11) is 0. The molecule has 0 atom stereocenters.